The number of para-hydroxylation sites is 1. The number of benzene rings is 2. The van der Waals surface area contributed by atoms with Gasteiger partial charge < -0.3 is 9.84 Å². The SMILES string of the molecule is Cc1ccc2onc(CC(=O)Nc3ccccc3I)c2c1. The van der Waals surface area contributed by atoms with E-state index in [9.17, 15) is 4.79 Å². The molecule has 0 atom stereocenters. The zero-order chi connectivity index (χ0) is 14.8. The molecule has 0 fully saturated rings. The molecule has 0 aliphatic heterocycles. The second kappa shape index (κ2) is 5.85. The van der Waals surface area contributed by atoms with E-state index >= 15 is 0 Å². The molecule has 0 saturated heterocycles. The van der Waals surface area contributed by atoms with Crippen LogP contribution in [0.5, 0.6) is 0 Å². The molecular formula is C16H13IN2O2. The third kappa shape index (κ3) is 3.07. The summed E-state index contributed by atoms with van der Waals surface area (Å²) in [5, 5.41) is 7.80. The van der Waals surface area contributed by atoms with E-state index in [-0.39, 0.29) is 12.3 Å². The fraction of sp³-hybridized carbons (Fsp3) is 0.125. The molecule has 0 saturated carbocycles. The number of halogens is 1. The van der Waals surface area contributed by atoms with E-state index in [0.717, 1.165) is 20.2 Å². The van der Waals surface area contributed by atoms with Gasteiger partial charge in [0.1, 0.15) is 5.69 Å². The molecule has 5 heteroatoms. The molecule has 0 bridgehead atoms. The smallest absolute Gasteiger partial charge is 0.230 e. The van der Waals surface area contributed by atoms with Gasteiger partial charge in [-0.3, -0.25) is 4.79 Å². The Bertz CT molecular complexity index is 811. The van der Waals surface area contributed by atoms with Gasteiger partial charge in [0.15, 0.2) is 5.58 Å². The van der Waals surface area contributed by atoms with Crippen LogP contribution in [0.4, 0.5) is 5.69 Å². The van der Waals surface area contributed by atoms with Crippen molar-refractivity contribution < 1.29 is 9.32 Å². The normalized spacial score (nSPS) is 10.8. The Morgan fingerprint density at radius 3 is 2.90 bits per heavy atom. The van der Waals surface area contributed by atoms with Crippen LogP contribution < -0.4 is 5.32 Å². The van der Waals surface area contributed by atoms with Crippen LogP contribution in [0.1, 0.15) is 11.3 Å². The summed E-state index contributed by atoms with van der Waals surface area (Å²) < 4.78 is 6.25. The first kappa shape index (κ1) is 14.1. The minimum absolute atomic E-state index is 0.101. The first-order valence-corrected chi connectivity index (χ1v) is 7.60. The van der Waals surface area contributed by atoms with Gasteiger partial charge in [0.2, 0.25) is 5.91 Å². The van der Waals surface area contributed by atoms with Crippen LogP contribution in [0.25, 0.3) is 11.0 Å². The lowest BCUT2D eigenvalue weighted by Crippen LogP contribution is -2.15. The summed E-state index contributed by atoms with van der Waals surface area (Å²) in [4.78, 5) is 12.2. The van der Waals surface area contributed by atoms with Gasteiger partial charge in [-0.25, -0.2) is 0 Å². The van der Waals surface area contributed by atoms with Gasteiger partial charge >= 0.3 is 0 Å². The van der Waals surface area contributed by atoms with Crippen LogP contribution in [0.3, 0.4) is 0 Å². The van der Waals surface area contributed by atoms with E-state index < -0.39 is 0 Å². The van der Waals surface area contributed by atoms with E-state index in [1.165, 1.54) is 0 Å². The van der Waals surface area contributed by atoms with Gasteiger partial charge in [0, 0.05) is 8.96 Å². The molecule has 4 nitrogen and oxygen atoms in total. The number of nitrogens with one attached hydrogen (secondary N) is 1. The molecule has 1 heterocycles. The number of rotatable bonds is 3. The fourth-order valence-corrected chi connectivity index (χ4v) is 2.66. The van der Waals surface area contributed by atoms with E-state index in [0.29, 0.717) is 11.3 Å². The van der Waals surface area contributed by atoms with E-state index in [2.05, 4.69) is 33.1 Å². The molecule has 21 heavy (non-hydrogen) atoms. The summed E-state index contributed by atoms with van der Waals surface area (Å²) in [7, 11) is 0. The molecule has 0 unspecified atom stereocenters. The van der Waals surface area contributed by atoms with Crippen LogP contribution in [-0.2, 0) is 11.2 Å². The Balaban J connectivity index is 1.80. The van der Waals surface area contributed by atoms with Gasteiger partial charge in [-0.1, -0.05) is 28.9 Å². The molecule has 106 valence electrons. The molecule has 2 aromatic carbocycles. The quantitative estimate of drug-likeness (QED) is 0.688. The summed E-state index contributed by atoms with van der Waals surface area (Å²) in [5.41, 5.74) is 3.30. The molecule has 3 rings (SSSR count). The van der Waals surface area contributed by atoms with Crippen molar-refractivity contribution in [3.63, 3.8) is 0 Å². The second-order valence-electron chi connectivity index (χ2n) is 4.83. The van der Waals surface area contributed by atoms with Crippen LogP contribution >= 0.6 is 22.6 Å². The highest BCUT2D eigenvalue weighted by Gasteiger charge is 2.13. The Hall–Kier alpha value is -1.89. The lowest BCUT2D eigenvalue weighted by atomic mass is 10.1. The van der Waals surface area contributed by atoms with Crippen molar-refractivity contribution in [2.75, 3.05) is 5.32 Å². The maximum atomic E-state index is 12.2. The predicted octanol–water partition coefficient (Wildman–Crippen LogP) is 3.92. The molecule has 1 amide bonds. The number of aryl methyl sites for hydroxylation is 1. The maximum absolute atomic E-state index is 12.2. The lowest BCUT2D eigenvalue weighted by molar-refractivity contribution is -0.115. The minimum atomic E-state index is -0.101. The Morgan fingerprint density at radius 1 is 1.29 bits per heavy atom. The summed E-state index contributed by atoms with van der Waals surface area (Å²) in [6.07, 6.45) is 0.196. The topological polar surface area (TPSA) is 55.1 Å². The molecule has 0 radical (unpaired) electrons. The Kier molecular flexibility index (Phi) is 3.92. The molecular weight excluding hydrogens is 379 g/mol. The molecule has 0 spiro atoms. The number of anilines is 1. The van der Waals surface area contributed by atoms with Crippen LogP contribution in [0.2, 0.25) is 0 Å². The monoisotopic (exact) mass is 392 g/mol. The summed E-state index contributed by atoms with van der Waals surface area (Å²) in [6, 6.07) is 13.5. The van der Waals surface area contributed by atoms with Crippen LogP contribution in [-0.4, -0.2) is 11.1 Å². The number of amides is 1. The molecule has 0 aliphatic rings. The zero-order valence-corrected chi connectivity index (χ0v) is 13.5. The van der Waals surface area contributed by atoms with Gasteiger partial charge in [-0.15, -0.1) is 0 Å². The maximum Gasteiger partial charge on any atom is 0.230 e. The highest BCUT2D eigenvalue weighted by atomic mass is 127. The molecule has 3 aromatic rings. The van der Waals surface area contributed by atoms with Gasteiger partial charge in [0.05, 0.1) is 12.1 Å². The highest BCUT2D eigenvalue weighted by Crippen LogP contribution is 2.21. The third-order valence-electron chi connectivity index (χ3n) is 3.18. The van der Waals surface area contributed by atoms with Crippen molar-refractivity contribution in [1.82, 2.24) is 5.16 Å². The summed E-state index contributed by atoms with van der Waals surface area (Å²) in [6.45, 7) is 2.00. The lowest BCUT2D eigenvalue weighted by Gasteiger charge is -2.06. The average molecular weight is 392 g/mol. The van der Waals surface area contributed by atoms with E-state index in [1.807, 2.05) is 49.4 Å². The van der Waals surface area contributed by atoms with Gasteiger partial charge in [0.25, 0.3) is 0 Å². The number of hydrogen-bond acceptors (Lipinski definition) is 3. The van der Waals surface area contributed by atoms with Crippen LogP contribution in [0.15, 0.2) is 47.0 Å². The van der Waals surface area contributed by atoms with Gasteiger partial charge in [-0.2, -0.15) is 0 Å². The molecule has 1 aromatic heterocycles. The highest BCUT2D eigenvalue weighted by molar-refractivity contribution is 14.1. The Labute approximate surface area is 135 Å². The first-order chi connectivity index (χ1) is 10.1. The summed E-state index contributed by atoms with van der Waals surface area (Å²) in [5.74, 6) is -0.101. The average Bonchev–Trinajstić information content (AvgIpc) is 2.84. The fourth-order valence-electron chi connectivity index (χ4n) is 2.14. The largest absolute Gasteiger partial charge is 0.356 e. The minimum Gasteiger partial charge on any atom is -0.356 e. The number of carbonyl (C=O) groups excluding carboxylic acids is 1. The van der Waals surface area contributed by atoms with Crippen molar-refractivity contribution in [3.8, 4) is 0 Å². The number of aromatic nitrogens is 1. The third-order valence-corrected chi connectivity index (χ3v) is 4.12. The predicted molar refractivity (Wildman–Crippen MR) is 90.2 cm³/mol. The molecule has 0 aliphatic carbocycles. The van der Waals surface area contributed by atoms with Crippen molar-refractivity contribution in [3.05, 3.63) is 57.3 Å². The van der Waals surface area contributed by atoms with Gasteiger partial charge in [-0.05, 0) is 53.8 Å². The van der Waals surface area contributed by atoms with Crippen molar-refractivity contribution >= 4 is 45.2 Å². The molecule has 1 N–H and O–H groups in total. The number of carbonyl (C=O) groups is 1. The summed E-state index contributed by atoms with van der Waals surface area (Å²) >= 11 is 2.19. The van der Waals surface area contributed by atoms with Crippen molar-refractivity contribution in [1.29, 1.82) is 0 Å². The Morgan fingerprint density at radius 2 is 2.10 bits per heavy atom. The van der Waals surface area contributed by atoms with E-state index in [4.69, 9.17) is 4.52 Å². The number of hydrogen-bond donors (Lipinski definition) is 1. The first-order valence-electron chi connectivity index (χ1n) is 6.53. The van der Waals surface area contributed by atoms with E-state index in [1.54, 1.807) is 0 Å². The number of fused-ring (bicyclic) bond motifs is 1. The zero-order valence-electron chi connectivity index (χ0n) is 11.4. The standard InChI is InChI=1S/C16H13IN2O2/c1-10-6-7-15-11(8-10)14(19-21-15)9-16(20)18-13-5-3-2-4-12(13)17/h2-8H,9H2,1H3,(H,18,20). The second-order valence-corrected chi connectivity index (χ2v) is 6.00. The van der Waals surface area contributed by atoms with Crippen molar-refractivity contribution in [2.24, 2.45) is 0 Å². The van der Waals surface area contributed by atoms with Crippen molar-refractivity contribution in [2.45, 2.75) is 13.3 Å². The number of nitrogens with zero attached hydrogens (tertiary/aromatic N) is 1. The van der Waals surface area contributed by atoms with Crippen LogP contribution in [0, 0.1) is 10.5 Å².